The van der Waals surface area contributed by atoms with Crippen LogP contribution < -0.4 is 9.80 Å². The minimum Gasteiger partial charge on any atom is -0.335 e. The highest BCUT2D eigenvalue weighted by Crippen LogP contribution is 2.03. The molecule has 0 saturated carbocycles. The number of benzene rings is 1. The summed E-state index contributed by atoms with van der Waals surface area (Å²) in [4.78, 5) is 2.78. The number of halogens is 1. The largest absolute Gasteiger partial charge is 0.335 e. The van der Waals surface area contributed by atoms with Crippen LogP contribution in [0.25, 0.3) is 0 Å². The predicted molar refractivity (Wildman–Crippen MR) is 59.5 cm³/mol. The van der Waals surface area contributed by atoms with E-state index in [4.69, 9.17) is 0 Å². The van der Waals surface area contributed by atoms with Crippen LogP contribution >= 0.6 is 0 Å². The first-order chi connectivity index (χ1) is 7.09. The Morgan fingerprint density at radius 3 is 2.33 bits per heavy atom. The third-order valence-electron chi connectivity index (χ3n) is 2.50. The second-order valence-corrected chi connectivity index (χ2v) is 4.43. The normalized spacial score (nSPS) is 13.1. The van der Waals surface area contributed by atoms with Crippen LogP contribution in [-0.4, -0.2) is 34.2 Å². The topological polar surface area (TPSA) is 8.88 Å². The van der Waals surface area contributed by atoms with Gasteiger partial charge in [-0.3, -0.25) is 0 Å². The summed E-state index contributed by atoms with van der Waals surface area (Å²) in [7, 11) is 6.38. The highest BCUT2D eigenvalue weighted by atomic mass is 19.1. The lowest BCUT2D eigenvalue weighted by molar-refractivity contribution is -0.937. The molecule has 0 bridgehead atoms. The van der Waals surface area contributed by atoms with E-state index in [0.29, 0.717) is 0 Å². The molecule has 1 aromatic carbocycles. The fourth-order valence-electron chi connectivity index (χ4n) is 1.52. The summed E-state index contributed by atoms with van der Waals surface area (Å²) in [6, 6.07) is 7.02. The third kappa shape index (κ3) is 4.40. The molecule has 1 atom stereocenters. The van der Waals surface area contributed by atoms with E-state index in [1.807, 2.05) is 12.1 Å². The second-order valence-electron chi connectivity index (χ2n) is 4.43. The highest BCUT2D eigenvalue weighted by Gasteiger charge is 2.08. The lowest BCUT2D eigenvalue weighted by Gasteiger charge is -2.15. The van der Waals surface area contributed by atoms with Crippen LogP contribution in [0.1, 0.15) is 5.56 Å². The molecule has 0 fully saturated rings. The van der Waals surface area contributed by atoms with E-state index in [-0.39, 0.29) is 5.82 Å². The van der Waals surface area contributed by atoms with E-state index in [9.17, 15) is 4.39 Å². The Labute approximate surface area is 91.3 Å². The molecule has 2 N–H and O–H groups in total. The second kappa shape index (κ2) is 5.83. The zero-order valence-corrected chi connectivity index (χ0v) is 9.81. The lowest BCUT2D eigenvalue weighted by Crippen LogP contribution is -3.15. The lowest BCUT2D eigenvalue weighted by atomic mass is 10.2. The van der Waals surface area contributed by atoms with Crippen molar-refractivity contribution in [2.75, 3.05) is 34.2 Å². The van der Waals surface area contributed by atoms with Crippen molar-refractivity contribution in [1.29, 1.82) is 0 Å². The molecule has 0 aliphatic carbocycles. The van der Waals surface area contributed by atoms with Crippen LogP contribution in [0.3, 0.4) is 0 Å². The fourth-order valence-corrected chi connectivity index (χ4v) is 1.52. The maximum Gasteiger partial charge on any atom is 0.132 e. The van der Waals surface area contributed by atoms with Crippen molar-refractivity contribution in [1.82, 2.24) is 0 Å². The molecule has 0 aliphatic rings. The summed E-state index contributed by atoms with van der Waals surface area (Å²) in [5, 5.41) is 0. The Kier molecular flexibility index (Phi) is 4.72. The third-order valence-corrected chi connectivity index (χ3v) is 2.50. The first-order valence-electron chi connectivity index (χ1n) is 5.43. The van der Waals surface area contributed by atoms with Crippen LogP contribution in [0.4, 0.5) is 4.39 Å². The molecule has 84 valence electrons. The van der Waals surface area contributed by atoms with Crippen LogP contribution in [-0.2, 0) is 6.54 Å². The van der Waals surface area contributed by atoms with Gasteiger partial charge in [-0.2, -0.15) is 0 Å². The van der Waals surface area contributed by atoms with Crippen molar-refractivity contribution in [3.8, 4) is 0 Å². The van der Waals surface area contributed by atoms with Gasteiger partial charge in [-0.15, -0.1) is 0 Å². The van der Waals surface area contributed by atoms with Crippen LogP contribution in [0.15, 0.2) is 24.3 Å². The van der Waals surface area contributed by atoms with Gasteiger partial charge in [0.2, 0.25) is 0 Å². The molecule has 0 heterocycles. The summed E-state index contributed by atoms with van der Waals surface area (Å²) in [5.74, 6) is -0.0888. The molecule has 0 aliphatic heterocycles. The smallest absolute Gasteiger partial charge is 0.132 e. The van der Waals surface area contributed by atoms with Crippen LogP contribution in [0, 0.1) is 5.82 Å². The van der Waals surface area contributed by atoms with Crippen LogP contribution in [0.2, 0.25) is 0 Å². The van der Waals surface area contributed by atoms with Gasteiger partial charge in [-0.05, 0) is 6.07 Å². The molecule has 0 spiro atoms. The van der Waals surface area contributed by atoms with Gasteiger partial charge in [0, 0.05) is 5.56 Å². The fraction of sp³-hybridized carbons (Fsp3) is 0.500. The number of likely N-dealkylation sites (N-methyl/N-ethyl adjacent to an activating group) is 2. The van der Waals surface area contributed by atoms with Gasteiger partial charge in [0.15, 0.2) is 0 Å². The van der Waals surface area contributed by atoms with Crippen molar-refractivity contribution in [3.63, 3.8) is 0 Å². The van der Waals surface area contributed by atoms with Gasteiger partial charge in [0.25, 0.3) is 0 Å². The summed E-state index contributed by atoms with van der Waals surface area (Å²) < 4.78 is 13.3. The van der Waals surface area contributed by atoms with Gasteiger partial charge in [0.1, 0.15) is 25.5 Å². The Bertz CT molecular complexity index is 299. The zero-order chi connectivity index (χ0) is 11.3. The van der Waals surface area contributed by atoms with Crippen molar-refractivity contribution in [3.05, 3.63) is 35.6 Å². The molecule has 1 unspecified atom stereocenters. The van der Waals surface area contributed by atoms with Gasteiger partial charge in [-0.1, -0.05) is 18.2 Å². The monoisotopic (exact) mass is 212 g/mol. The van der Waals surface area contributed by atoms with Crippen molar-refractivity contribution in [2.45, 2.75) is 6.54 Å². The molecule has 3 heteroatoms. The first-order valence-corrected chi connectivity index (χ1v) is 5.43. The van der Waals surface area contributed by atoms with E-state index in [0.717, 1.165) is 25.2 Å². The molecule has 0 radical (unpaired) electrons. The Balaban J connectivity index is 2.44. The average molecular weight is 212 g/mol. The van der Waals surface area contributed by atoms with Gasteiger partial charge in [0.05, 0.1) is 21.1 Å². The van der Waals surface area contributed by atoms with E-state index in [2.05, 4.69) is 21.1 Å². The summed E-state index contributed by atoms with van der Waals surface area (Å²) in [5.41, 5.74) is 0.809. The number of rotatable bonds is 5. The molecular formula is C12H21FN2+2. The quantitative estimate of drug-likeness (QED) is 0.618. The molecule has 1 rings (SSSR count). The summed E-state index contributed by atoms with van der Waals surface area (Å²) >= 11 is 0. The minimum atomic E-state index is -0.0888. The number of quaternary nitrogens is 2. The first kappa shape index (κ1) is 12.1. The molecule has 0 saturated heterocycles. The van der Waals surface area contributed by atoms with Crippen LogP contribution in [0.5, 0.6) is 0 Å². The molecule has 15 heavy (non-hydrogen) atoms. The average Bonchev–Trinajstić information content (AvgIpc) is 2.18. The van der Waals surface area contributed by atoms with Gasteiger partial charge >= 0.3 is 0 Å². The van der Waals surface area contributed by atoms with E-state index in [1.54, 1.807) is 6.07 Å². The highest BCUT2D eigenvalue weighted by molar-refractivity contribution is 5.15. The molecular weight excluding hydrogens is 191 g/mol. The molecule has 0 amide bonds. The number of nitrogens with one attached hydrogen (secondary N) is 2. The number of hydrogen-bond donors (Lipinski definition) is 2. The predicted octanol–water partition coefficient (Wildman–Crippen LogP) is -1.02. The Morgan fingerprint density at radius 2 is 1.73 bits per heavy atom. The molecule has 0 aromatic heterocycles. The molecule has 2 nitrogen and oxygen atoms in total. The van der Waals surface area contributed by atoms with E-state index >= 15 is 0 Å². The van der Waals surface area contributed by atoms with Crippen molar-refractivity contribution in [2.24, 2.45) is 0 Å². The Hall–Kier alpha value is -0.930. The Morgan fingerprint density at radius 1 is 1.07 bits per heavy atom. The van der Waals surface area contributed by atoms with Gasteiger partial charge < -0.3 is 9.80 Å². The zero-order valence-electron chi connectivity index (χ0n) is 9.81. The standard InChI is InChI=1S/C12H19FN2/c1-14(2)8-9-15(3)10-11-6-4-5-7-12(11)13/h4-7H,8-10H2,1-3H3/p+2. The van der Waals surface area contributed by atoms with E-state index < -0.39 is 0 Å². The van der Waals surface area contributed by atoms with Crippen molar-refractivity contribution < 1.29 is 14.2 Å². The summed E-state index contributed by atoms with van der Waals surface area (Å²) in [6.07, 6.45) is 0. The molecule has 1 aromatic rings. The van der Waals surface area contributed by atoms with E-state index in [1.165, 1.54) is 15.9 Å². The summed E-state index contributed by atoms with van der Waals surface area (Å²) in [6.45, 7) is 2.94. The maximum atomic E-state index is 13.3. The van der Waals surface area contributed by atoms with Crippen molar-refractivity contribution >= 4 is 0 Å². The SMILES string of the molecule is C[NH+](C)CC[NH+](C)Cc1ccccc1F. The minimum absolute atomic E-state index is 0.0888. The van der Waals surface area contributed by atoms with Gasteiger partial charge in [-0.25, -0.2) is 4.39 Å². The number of hydrogen-bond acceptors (Lipinski definition) is 0. The maximum absolute atomic E-state index is 13.3.